The zero-order valence-corrected chi connectivity index (χ0v) is 15.4. The third-order valence-electron chi connectivity index (χ3n) is 4.26. The number of rotatable bonds is 3. The number of carbonyl (C=O) groups excluding carboxylic acids is 2. The van der Waals surface area contributed by atoms with Crippen LogP contribution in [0.15, 0.2) is 30.3 Å². The van der Waals surface area contributed by atoms with E-state index in [-0.39, 0.29) is 22.2 Å². The minimum atomic E-state index is -0.665. The number of methoxy groups -OCH3 is 1. The number of benzene rings is 2. The lowest BCUT2D eigenvalue weighted by Crippen LogP contribution is -2.27. The number of hydrogen-bond donors (Lipinski definition) is 2. The molecule has 1 aliphatic heterocycles. The third-order valence-corrected chi connectivity index (χ3v) is 4.87. The highest BCUT2D eigenvalue weighted by molar-refractivity contribution is 6.37. The summed E-state index contributed by atoms with van der Waals surface area (Å²) in [6, 6.07) is 8.35. The van der Waals surface area contributed by atoms with Gasteiger partial charge >= 0.3 is 0 Å². The minimum absolute atomic E-state index is 0.0782. The third kappa shape index (κ3) is 2.94. The van der Waals surface area contributed by atoms with Crippen molar-refractivity contribution in [3.63, 3.8) is 0 Å². The van der Waals surface area contributed by atoms with Gasteiger partial charge in [0, 0.05) is 11.4 Å². The summed E-state index contributed by atoms with van der Waals surface area (Å²) in [5, 5.41) is 6.13. The number of anilines is 2. The summed E-state index contributed by atoms with van der Waals surface area (Å²) in [5.74, 6) is -0.310. The fraction of sp³-hybridized carbons (Fsp3) is 0.222. The molecule has 0 saturated carbocycles. The first-order valence-corrected chi connectivity index (χ1v) is 8.30. The molecule has 0 bridgehead atoms. The van der Waals surface area contributed by atoms with Crippen LogP contribution in [-0.2, 0) is 10.2 Å². The monoisotopic (exact) mass is 378 g/mol. The molecule has 0 spiro atoms. The highest BCUT2D eigenvalue weighted by Gasteiger charge is 2.38. The van der Waals surface area contributed by atoms with Crippen molar-refractivity contribution >= 4 is 46.4 Å². The maximum Gasteiger partial charge on any atom is 0.261 e. The molecular weight excluding hydrogens is 363 g/mol. The molecule has 5 nitrogen and oxygen atoms in total. The predicted octanol–water partition coefficient (Wildman–Crippen LogP) is 4.48. The van der Waals surface area contributed by atoms with E-state index in [2.05, 4.69) is 10.6 Å². The van der Waals surface area contributed by atoms with Crippen molar-refractivity contribution in [2.24, 2.45) is 0 Å². The van der Waals surface area contributed by atoms with Crippen molar-refractivity contribution in [3.05, 3.63) is 51.5 Å². The molecule has 1 aliphatic rings. The molecule has 2 aromatic carbocycles. The molecule has 0 aliphatic carbocycles. The van der Waals surface area contributed by atoms with Crippen molar-refractivity contribution < 1.29 is 14.3 Å². The molecule has 3 rings (SSSR count). The first-order chi connectivity index (χ1) is 11.8. The van der Waals surface area contributed by atoms with Crippen LogP contribution in [0.4, 0.5) is 11.4 Å². The fourth-order valence-electron chi connectivity index (χ4n) is 2.79. The van der Waals surface area contributed by atoms with Gasteiger partial charge in [0.1, 0.15) is 5.56 Å². The van der Waals surface area contributed by atoms with Crippen molar-refractivity contribution in [2.45, 2.75) is 19.3 Å². The van der Waals surface area contributed by atoms with Gasteiger partial charge in [-0.25, -0.2) is 0 Å². The van der Waals surface area contributed by atoms with Gasteiger partial charge in [0.05, 0.1) is 22.6 Å². The van der Waals surface area contributed by atoms with E-state index in [0.29, 0.717) is 10.7 Å². The lowest BCUT2D eigenvalue weighted by atomic mass is 9.86. The lowest BCUT2D eigenvalue weighted by Gasteiger charge is -2.16. The van der Waals surface area contributed by atoms with Crippen LogP contribution in [0.5, 0.6) is 5.75 Å². The van der Waals surface area contributed by atoms with Crippen LogP contribution in [-0.4, -0.2) is 18.9 Å². The maximum absolute atomic E-state index is 12.7. The molecular formula is C18H16Cl2N2O3. The fourth-order valence-corrected chi connectivity index (χ4v) is 3.26. The number of amides is 2. The van der Waals surface area contributed by atoms with Gasteiger partial charge in [-0.2, -0.15) is 0 Å². The number of ether oxygens (including phenoxy) is 1. The van der Waals surface area contributed by atoms with Crippen LogP contribution in [0.1, 0.15) is 29.8 Å². The summed E-state index contributed by atoms with van der Waals surface area (Å²) in [7, 11) is 1.42. The largest absolute Gasteiger partial charge is 0.494 e. The van der Waals surface area contributed by atoms with Gasteiger partial charge in [-0.1, -0.05) is 23.2 Å². The molecule has 0 aromatic heterocycles. The van der Waals surface area contributed by atoms with Crippen LogP contribution in [0, 0.1) is 0 Å². The highest BCUT2D eigenvalue weighted by atomic mass is 35.5. The number of hydrogen-bond acceptors (Lipinski definition) is 3. The number of fused-ring (bicyclic) bond motifs is 1. The summed E-state index contributed by atoms with van der Waals surface area (Å²) in [6.45, 7) is 3.66. The van der Waals surface area contributed by atoms with Gasteiger partial charge in [-0.15, -0.1) is 0 Å². The molecule has 25 heavy (non-hydrogen) atoms. The Balaban J connectivity index is 1.95. The van der Waals surface area contributed by atoms with Crippen molar-refractivity contribution in [1.82, 2.24) is 0 Å². The van der Waals surface area contributed by atoms with E-state index in [0.717, 1.165) is 11.3 Å². The Morgan fingerprint density at radius 3 is 2.52 bits per heavy atom. The standard InChI is InChI=1S/C18H16Cl2N2O3/c1-18(2)10-8-9(4-7-13(10)22-17(18)24)21-16(23)14-11(19)5-6-12(20)15(14)25-3/h4-8H,1-3H3,(H,21,23)(H,22,24). The van der Waals surface area contributed by atoms with Gasteiger partial charge in [0.2, 0.25) is 5.91 Å². The quantitative estimate of drug-likeness (QED) is 0.826. The van der Waals surface area contributed by atoms with Crippen molar-refractivity contribution in [1.29, 1.82) is 0 Å². The summed E-state index contributed by atoms with van der Waals surface area (Å²) in [5.41, 5.74) is 1.60. The molecule has 0 radical (unpaired) electrons. The summed E-state index contributed by atoms with van der Waals surface area (Å²) >= 11 is 12.2. The van der Waals surface area contributed by atoms with Crippen LogP contribution >= 0.6 is 23.2 Å². The summed E-state index contributed by atoms with van der Waals surface area (Å²) < 4.78 is 5.21. The molecule has 130 valence electrons. The summed E-state index contributed by atoms with van der Waals surface area (Å²) in [6.07, 6.45) is 0. The first kappa shape index (κ1) is 17.6. The Hall–Kier alpha value is -2.24. The number of carbonyl (C=O) groups is 2. The Morgan fingerprint density at radius 2 is 1.84 bits per heavy atom. The smallest absolute Gasteiger partial charge is 0.261 e. The van der Waals surface area contributed by atoms with Gasteiger partial charge in [-0.3, -0.25) is 9.59 Å². The van der Waals surface area contributed by atoms with Crippen LogP contribution in [0.3, 0.4) is 0 Å². The normalized spacial score (nSPS) is 14.7. The Morgan fingerprint density at radius 1 is 1.16 bits per heavy atom. The van der Waals surface area contributed by atoms with Gasteiger partial charge in [0.15, 0.2) is 5.75 Å². The second-order valence-corrected chi connectivity index (χ2v) is 7.05. The summed E-state index contributed by atoms with van der Waals surface area (Å²) in [4.78, 5) is 24.7. The Bertz CT molecular complexity index is 894. The topological polar surface area (TPSA) is 67.4 Å². The average molecular weight is 379 g/mol. The van der Waals surface area contributed by atoms with E-state index in [9.17, 15) is 9.59 Å². The van der Waals surface area contributed by atoms with Crippen molar-refractivity contribution in [3.8, 4) is 5.75 Å². The van der Waals surface area contributed by atoms with E-state index < -0.39 is 11.3 Å². The average Bonchev–Trinajstić information content (AvgIpc) is 2.79. The molecule has 0 unspecified atom stereocenters. The molecule has 7 heteroatoms. The second kappa shape index (κ2) is 6.24. The molecule has 0 saturated heterocycles. The van der Waals surface area contributed by atoms with E-state index in [1.165, 1.54) is 13.2 Å². The molecule has 2 aromatic rings. The van der Waals surface area contributed by atoms with Crippen LogP contribution in [0.25, 0.3) is 0 Å². The zero-order chi connectivity index (χ0) is 18.4. The molecule has 0 atom stereocenters. The molecule has 2 amide bonds. The highest BCUT2D eigenvalue weighted by Crippen LogP contribution is 2.39. The van der Waals surface area contributed by atoms with E-state index in [1.54, 1.807) is 24.3 Å². The molecule has 1 heterocycles. The Labute approximate surface area is 155 Å². The minimum Gasteiger partial charge on any atom is -0.494 e. The number of nitrogens with one attached hydrogen (secondary N) is 2. The van der Waals surface area contributed by atoms with Gasteiger partial charge in [-0.05, 0) is 49.7 Å². The van der Waals surface area contributed by atoms with Gasteiger partial charge in [0.25, 0.3) is 5.91 Å². The molecule has 2 N–H and O–H groups in total. The second-order valence-electron chi connectivity index (χ2n) is 6.23. The van der Waals surface area contributed by atoms with Gasteiger partial charge < -0.3 is 15.4 Å². The van der Waals surface area contributed by atoms with Crippen LogP contribution < -0.4 is 15.4 Å². The van der Waals surface area contributed by atoms with Crippen molar-refractivity contribution in [2.75, 3.05) is 17.7 Å². The lowest BCUT2D eigenvalue weighted by molar-refractivity contribution is -0.119. The SMILES string of the molecule is COc1c(Cl)ccc(Cl)c1C(=O)Nc1ccc2c(c1)C(C)(C)C(=O)N2. The maximum atomic E-state index is 12.7. The first-order valence-electron chi connectivity index (χ1n) is 7.55. The number of halogens is 2. The van der Waals surface area contributed by atoms with E-state index in [4.69, 9.17) is 27.9 Å². The van der Waals surface area contributed by atoms with E-state index >= 15 is 0 Å². The van der Waals surface area contributed by atoms with E-state index in [1.807, 2.05) is 13.8 Å². The van der Waals surface area contributed by atoms with Crippen LogP contribution in [0.2, 0.25) is 10.0 Å². The zero-order valence-electron chi connectivity index (χ0n) is 13.9. The Kier molecular flexibility index (Phi) is 4.39. The molecule has 0 fully saturated rings. The predicted molar refractivity (Wildman–Crippen MR) is 99.1 cm³/mol.